The van der Waals surface area contributed by atoms with Gasteiger partial charge in [-0.2, -0.15) is 5.10 Å². The lowest BCUT2D eigenvalue weighted by Crippen LogP contribution is -2.11. The molecule has 0 saturated heterocycles. The normalized spacial score (nSPS) is 11.8. The van der Waals surface area contributed by atoms with Gasteiger partial charge in [0, 0.05) is 12.7 Å². The summed E-state index contributed by atoms with van der Waals surface area (Å²) in [4.78, 5) is 0.0320. The SMILES string of the molecule is NCCCn1cc(S(N)(=O)=O)cn1. The van der Waals surface area contributed by atoms with Crippen LogP contribution in [0.3, 0.4) is 0 Å². The van der Waals surface area contributed by atoms with Crippen molar-refractivity contribution < 1.29 is 8.42 Å². The zero-order valence-electron chi connectivity index (χ0n) is 7.05. The van der Waals surface area contributed by atoms with Crippen LogP contribution >= 0.6 is 0 Å². The van der Waals surface area contributed by atoms with E-state index in [0.29, 0.717) is 13.1 Å². The summed E-state index contributed by atoms with van der Waals surface area (Å²) in [6.45, 7) is 1.15. The average molecular weight is 204 g/mol. The smallest absolute Gasteiger partial charge is 0.241 e. The summed E-state index contributed by atoms with van der Waals surface area (Å²) in [6.07, 6.45) is 3.38. The molecule has 13 heavy (non-hydrogen) atoms. The maximum atomic E-state index is 10.8. The second kappa shape index (κ2) is 3.86. The van der Waals surface area contributed by atoms with Crippen molar-refractivity contribution in [2.24, 2.45) is 10.9 Å². The van der Waals surface area contributed by atoms with Crippen molar-refractivity contribution in [3.63, 3.8) is 0 Å². The Hall–Kier alpha value is -0.920. The monoisotopic (exact) mass is 204 g/mol. The third-order valence-corrected chi connectivity index (χ3v) is 2.40. The number of rotatable bonds is 4. The summed E-state index contributed by atoms with van der Waals surface area (Å²) in [7, 11) is -3.62. The minimum atomic E-state index is -3.62. The molecule has 1 aromatic rings. The summed E-state index contributed by atoms with van der Waals surface area (Å²) in [6, 6.07) is 0. The molecule has 0 saturated carbocycles. The van der Waals surface area contributed by atoms with Crippen LogP contribution in [0, 0.1) is 0 Å². The number of hydrogen-bond donors (Lipinski definition) is 2. The third kappa shape index (κ3) is 2.79. The molecule has 1 heterocycles. The predicted octanol–water partition coefficient (Wildman–Crippen LogP) is -1.12. The highest BCUT2D eigenvalue weighted by atomic mass is 32.2. The molecule has 0 bridgehead atoms. The number of primary sulfonamides is 1. The van der Waals surface area contributed by atoms with Crippen LogP contribution in [-0.4, -0.2) is 24.7 Å². The largest absolute Gasteiger partial charge is 0.330 e. The zero-order valence-corrected chi connectivity index (χ0v) is 7.87. The predicted molar refractivity (Wildman–Crippen MR) is 47.3 cm³/mol. The molecule has 7 heteroatoms. The first kappa shape index (κ1) is 10.2. The van der Waals surface area contributed by atoms with E-state index in [1.807, 2.05) is 0 Å². The quantitative estimate of drug-likeness (QED) is 0.648. The van der Waals surface area contributed by atoms with E-state index < -0.39 is 10.0 Å². The van der Waals surface area contributed by atoms with Crippen molar-refractivity contribution in [1.82, 2.24) is 9.78 Å². The molecule has 0 atom stereocenters. The van der Waals surface area contributed by atoms with Gasteiger partial charge >= 0.3 is 0 Å². The highest BCUT2D eigenvalue weighted by molar-refractivity contribution is 7.89. The third-order valence-electron chi connectivity index (χ3n) is 1.53. The van der Waals surface area contributed by atoms with E-state index in [9.17, 15) is 8.42 Å². The Balaban J connectivity index is 2.76. The molecule has 6 nitrogen and oxygen atoms in total. The summed E-state index contributed by atoms with van der Waals surface area (Å²) in [5, 5.41) is 8.72. The van der Waals surface area contributed by atoms with Crippen LogP contribution in [0.5, 0.6) is 0 Å². The van der Waals surface area contributed by atoms with Gasteiger partial charge in [0.2, 0.25) is 10.0 Å². The van der Waals surface area contributed by atoms with Crippen molar-refractivity contribution >= 4 is 10.0 Å². The zero-order chi connectivity index (χ0) is 9.90. The summed E-state index contributed by atoms with van der Waals surface area (Å²) < 4.78 is 23.1. The first-order valence-corrected chi connectivity index (χ1v) is 5.34. The maximum Gasteiger partial charge on any atom is 0.241 e. The summed E-state index contributed by atoms with van der Waals surface area (Å²) >= 11 is 0. The molecular formula is C6H12N4O2S. The first-order valence-electron chi connectivity index (χ1n) is 3.79. The Labute approximate surface area is 76.6 Å². The lowest BCUT2D eigenvalue weighted by molar-refractivity contribution is 0.581. The van der Waals surface area contributed by atoms with Crippen LogP contribution in [0.1, 0.15) is 6.42 Å². The molecule has 1 aromatic heterocycles. The number of hydrogen-bond acceptors (Lipinski definition) is 4. The Morgan fingerprint density at radius 2 is 2.23 bits per heavy atom. The molecule has 0 radical (unpaired) electrons. The van der Waals surface area contributed by atoms with Crippen molar-refractivity contribution in [3.8, 4) is 0 Å². The lowest BCUT2D eigenvalue weighted by atomic mass is 10.4. The molecule has 0 aromatic carbocycles. The Bertz CT molecular complexity index is 370. The van der Waals surface area contributed by atoms with Gasteiger partial charge in [0.25, 0.3) is 0 Å². The maximum absolute atomic E-state index is 10.8. The Morgan fingerprint density at radius 1 is 1.54 bits per heavy atom. The summed E-state index contributed by atoms with van der Waals surface area (Å²) in [5.41, 5.74) is 5.28. The first-order chi connectivity index (χ1) is 6.04. The van der Waals surface area contributed by atoms with Gasteiger partial charge in [-0.3, -0.25) is 4.68 Å². The molecule has 0 aliphatic heterocycles. The Morgan fingerprint density at radius 3 is 2.69 bits per heavy atom. The van der Waals surface area contributed by atoms with E-state index in [1.165, 1.54) is 17.1 Å². The van der Waals surface area contributed by atoms with E-state index in [0.717, 1.165) is 6.42 Å². The molecule has 0 aliphatic carbocycles. The number of aryl methyl sites for hydroxylation is 1. The van der Waals surface area contributed by atoms with Crippen LogP contribution in [0.2, 0.25) is 0 Å². The van der Waals surface area contributed by atoms with Gasteiger partial charge in [0.15, 0.2) is 0 Å². The second-order valence-corrected chi connectivity index (χ2v) is 4.19. The highest BCUT2D eigenvalue weighted by Crippen LogP contribution is 2.03. The molecule has 0 spiro atoms. The van der Waals surface area contributed by atoms with Crippen molar-refractivity contribution in [1.29, 1.82) is 0 Å². The van der Waals surface area contributed by atoms with Gasteiger partial charge in [-0.15, -0.1) is 0 Å². The average Bonchev–Trinajstić information content (AvgIpc) is 2.47. The van der Waals surface area contributed by atoms with Crippen molar-refractivity contribution in [2.75, 3.05) is 6.54 Å². The molecule has 4 N–H and O–H groups in total. The van der Waals surface area contributed by atoms with Gasteiger partial charge in [-0.25, -0.2) is 13.6 Å². The van der Waals surface area contributed by atoms with E-state index in [2.05, 4.69) is 5.10 Å². The fourth-order valence-electron chi connectivity index (χ4n) is 0.867. The molecule has 74 valence electrons. The van der Waals surface area contributed by atoms with E-state index in [4.69, 9.17) is 10.9 Å². The van der Waals surface area contributed by atoms with Gasteiger partial charge in [-0.1, -0.05) is 0 Å². The number of nitrogens with two attached hydrogens (primary N) is 2. The lowest BCUT2D eigenvalue weighted by Gasteiger charge is -1.96. The highest BCUT2D eigenvalue weighted by Gasteiger charge is 2.09. The van der Waals surface area contributed by atoms with Gasteiger partial charge in [-0.05, 0) is 13.0 Å². The minimum absolute atomic E-state index is 0.0320. The van der Waals surface area contributed by atoms with E-state index >= 15 is 0 Å². The fraction of sp³-hybridized carbons (Fsp3) is 0.500. The molecule has 1 rings (SSSR count). The number of aromatic nitrogens is 2. The van der Waals surface area contributed by atoms with Gasteiger partial charge in [0.05, 0.1) is 6.20 Å². The van der Waals surface area contributed by atoms with Crippen molar-refractivity contribution in [2.45, 2.75) is 17.9 Å². The molecule has 0 amide bonds. The second-order valence-electron chi connectivity index (χ2n) is 2.63. The van der Waals surface area contributed by atoms with Crippen LogP contribution in [0.15, 0.2) is 17.3 Å². The number of nitrogens with zero attached hydrogens (tertiary/aromatic N) is 2. The molecule has 0 aliphatic rings. The van der Waals surface area contributed by atoms with Crippen LogP contribution in [0.4, 0.5) is 0 Å². The van der Waals surface area contributed by atoms with Gasteiger partial charge in [0.1, 0.15) is 4.90 Å². The van der Waals surface area contributed by atoms with Crippen LogP contribution < -0.4 is 10.9 Å². The Kier molecular flexibility index (Phi) is 3.02. The standard InChI is InChI=1S/C6H12N4O2S/c7-2-1-3-10-5-6(4-9-10)13(8,11)12/h4-5H,1-3,7H2,(H2,8,11,12). The van der Waals surface area contributed by atoms with Crippen LogP contribution in [0.25, 0.3) is 0 Å². The molecule has 0 fully saturated rings. The summed E-state index contributed by atoms with van der Waals surface area (Å²) in [5.74, 6) is 0. The minimum Gasteiger partial charge on any atom is -0.330 e. The molecular weight excluding hydrogens is 192 g/mol. The fourth-order valence-corrected chi connectivity index (χ4v) is 1.33. The van der Waals surface area contributed by atoms with Gasteiger partial charge < -0.3 is 5.73 Å². The van der Waals surface area contributed by atoms with E-state index in [-0.39, 0.29) is 4.90 Å². The van der Waals surface area contributed by atoms with E-state index in [1.54, 1.807) is 0 Å². The molecule has 0 unspecified atom stereocenters. The van der Waals surface area contributed by atoms with Crippen LogP contribution in [-0.2, 0) is 16.6 Å². The topological polar surface area (TPSA) is 104 Å². The number of sulfonamides is 1. The van der Waals surface area contributed by atoms with Crippen molar-refractivity contribution in [3.05, 3.63) is 12.4 Å².